The zero-order valence-corrected chi connectivity index (χ0v) is 5.62. The van der Waals surface area contributed by atoms with Gasteiger partial charge < -0.3 is 7.34 Å². The van der Waals surface area contributed by atoms with Crippen molar-refractivity contribution in [2.75, 3.05) is 0 Å². The van der Waals surface area contributed by atoms with Crippen molar-refractivity contribution in [3.63, 3.8) is 0 Å². The normalized spacial score (nSPS) is 7.20. The van der Waals surface area contributed by atoms with Gasteiger partial charge in [-0.1, -0.05) is 0 Å². The van der Waals surface area contributed by atoms with E-state index in [2.05, 4.69) is 20.8 Å². The van der Waals surface area contributed by atoms with Crippen molar-refractivity contribution in [2.45, 2.75) is 20.8 Å². The molecule has 0 bridgehead atoms. The van der Waals surface area contributed by atoms with Gasteiger partial charge in [-0.2, -0.15) is 20.8 Å². The Morgan fingerprint density at radius 2 is 1.20 bits per heavy atom. The third-order valence-electron chi connectivity index (χ3n) is 0. The molecule has 0 aliphatic heterocycles. The summed E-state index contributed by atoms with van der Waals surface area (Å²) < 4.78 is 0. The molecule has 0 aromatic heterocycles. The second-order valence-electron chi connectivity index (χ2n) is 1.50. The van der Waals surface area contributed by atoms with Gasteiger partial charge in [0.25, 0.3) is 0 Å². The van der Waals surface area contributed by atoms with E-state index in [1.807, 2.05) is 0 Å². The Hall–Kier alpha value is 0.766. The summed E-state index contributed by atoms with van der Waals surface area (Å²) in [5.74, 6) is 1.42. The van der Waals surface area contributed by atoms with Crippen molar-refractivity contribution in [1.82, 2.24) is 0 Å². The summed E-state index contributed by atoms with van der Waals surface area (Å²) in [5.41, 5.74) is 0. The molecule has 0 unspecified atom stereocenters. The van der Waals surface area contributed by atoms with E-state index in [0.717, 1.165) is 0 Å². The molecule has 0 atom stereocenters. The fraction of sp³-hybridized carbons (Fsp3) is 0.750. The van der Waals surface area contributed by atoms with Gasteiger partial charge in [0.05, 0.1) is 0 Å². The molecule has 28 valence electrons. The van der Waals surface area contributed by atoms with Crippen molar-refractivity contribution in [1.29, 1.82) is 0 Å². The molecule has 0 aromatic carbocycles. The third kappa shape index (κ3) is 62.1. The summed E-state index contributed by atoms with van der Waals surface area (Å²) in [4.78, 5) is 0. The molecule has 0 saturated carbocycles. The van der Waals surface area contributed by atoms with Crippen molar-refractivity contribution in [3.8, 4) is 0 Å². The number of hydrogen-bond acceptors (Lipinski definition) is 0. The molecule has 0 heterocycles. The van der Waals surface area contributed by atoms with Gasteiger partial charge in [0.1, 0.15) is 0 Å². The maximum atomic E-state index is 2.08. The van der Waals surface area contributed by atoms with Crippen LogP contribution in [-0.4, -0.2) is 23.1 Å². The maximum Gasteiger partial charge on any atom is 2.00 e. The number of rotatable bonds is 0. The van der Waals surface area contributed by atoms with Crippen LogP contribution < -0.4 is 0 Å². The van der Waals surface area contributed by atoms with Crippen LogP contribution in [0.1, 0.15) is 22.2 Å². The van der Waals surface area contributed by atoms with Crippen LogP contribution in [0, 0.1) is 5.92 Å². The Morgan fingerprint density at radius 3 is 1.20 bits per heavy atom. The molecule has 0 N–H and O–H groups in total. The van der Waals surface area contributed by atoms with E-state index >= 15 is 0 Å². The Morgan fingerprint density at radius 1 is 1.20 bits per heavy atom. The molecule has 0 spiro atoms. The van der Waals surface area contributed by atoms with Crippen LogP contribution in [0.15, 0.2) is 0 Å². The average Bonchev–Trinajstić information content (AvgIpc) is 0.811. The van der Waals surface area contributed by atoms with Crippen LogP contribution in [0.25, 0.3) is 0 Å². The van der Waals surface area contributed by atoms with Gasteiger partial charge in [0.15, 0.2) is 0 Å². The minimum atomic E-state index is 0. The van der Waals surface area contributed by atoms with Gasteiger partial charge in [-0.3, -0.25) is 0 Å². The predicted molar refractivity (Wildman–Crippen MR) is 27.1 cm³/mol. The van der Waals surface area contributed by atoms with Gasteiger partial charge >= 0.3 is 23.1 Å². The minimum absolute atomic E-state index is 0. The van der Waals surface area contributed by atoms with E-state index < -0.39 is 0 Å². The topological polar surface area (TPSA) is 0 Å². The van der Waals surface area contributed by atoms with Crippen molar-refractivity contribution >= 4 is 23.1 Å². The standard InChI is InChI=1S/C4H9.Mg.H/c1-4(2)3;;/h1-3H3;;/q-1;+2;-1. The summed E-state index contributed by atoms with van der Waals surface area (Å²) in [6, 6.07) is 0. The van der Waals surface area contributed by atoms with E-state index in [1.54, 1.807) is 0 Å². The van der Waals surface area contributed by atoms with Gasteiger partial charge in [-0.05, 0) is 0 Å². The Kier molecular flexibility index (Phi) is 8.80. The molecule has 5 heavy (non-hydrogen) atoms. The zero-order chi connectivity index (χ0) is 3.58. The largest absolute Gasteiger partial charge is 2.00 e. The summed E-state index contributed by atoms with van der Waals surface area (Å²) in [6.45, 7) is 6.25. The summed E-state index contributed by atoms with van der Waals surface area (Å²) in [6.07, 6.45) is 0. The summed E-state index contributed by atoms with van der Waals surface area (Å²) >= 11 is 0. The monoisotopic (exact) mass is 82.1 g/mol. The van der Waals surface area contributed by atoms with Crippen LogP contribution in [0.4, 0.5) is 0 Å². The molecule has 0 saturated heterocycles. The second kappa shape index (κ2) is 4.77. The molecular weight excluding hydrogens is 72.3 g/mol. The summed E-state index contributed by atoms with van der Waals surface area (Å²) in [7, 11) is 0. The van der Waals surface area contributed by atoms with E-state index in [4.69, 9.17) is 0 Å². The fourth-order valence-corrected chi connectivity index (χ4v) is 0. The molecule has 0 aliphatic rings. The molecule has 1 heteroatoms. The van der Waals surface area contributed by atoms with Crippen molar-refractivity contribution in [2.24, 2.45) is 0 Å². The van der Waals surface area contributed by atoms with E-state index in [0.29, 0.717) is 0 Å². The van der Waals surface area contributed by atoms with Gasteiger partial charge in [-0.25, -0.2) is 0 Å². The van der Waals surface area contributed by atoms with Gasteiger partial charge in [0, 0.05) is 0 Å². The zero-order valence-electron chi connectivity index (χ0n) is 5.21. The molecular formula is C4H10Mg. The molecule has 0 rings (SSSR count). The average molecular weight is 82.4 g/mol. The SMILES string of the molecule is C[C-](C)C.[H-].[Mg+2]. The quantitative estimate of drug-likeness (QED) is 0.306. The van der Waals surface area contributed by atoms with E-state index in [9.17, 15) is 0 Å². The Bertz CT molecular complexity index is 12.3. The van der Waals surface area contributed by atoms with Crippen LogP contribution in [0.5, 0.6) is 0 Å². The van der Waals surface area contributed by atoms with Crippen molar-refractivity contribution < 1.29 is 1.43 Å². The Balaban J connectivity index is -0.0000000450. The fourth-order valence-electron chi connectivity index (χ4n) is 0. The maximum absolute atomic E-state index is 2.08. The van der Waals surface area contributed by atoms with Gasteiger partial charge in [0.2, 0.25) is 0 Å². The first-order valence-electron chi connectivity index (χ1n) is 1.50. The molecule has 0 fully saturated rings. The summed E-state index contributed by atoms with van der Waals surface area (Å²) in [5, 5.41) is 0. The van der Waals surface area contributed by atoms with Gasteiger partial charge in [-0.15, -0.1) is 0 Å². The molecule has 0 aromatic rings. The minimum Gasteiger partial charge on any atom is -1.00 e. The molecule has 0 radical (unpaired) electrons. The van der Waals surface area contributed by atoms with E-state index in [-0.39, 0.29) is 24.5 Å². The third-order valence-corrected chi connectivity index (χ3v) is 0. The number of hydrogen-bond donors (Lipinski definition) is 0. The molecule has 0 nitrogen and oxygen atoms in total. The van der Waals surface area contributed by atoms with Crippen LogP contribution in [-0.2, 0) is 0 Å². The van der Waals surface area contributed by atoms with Crippen LogP contribution in [0.3, 0.4) is 0 Å². The molecule has 0 aliphatic carbocycles. The smallest absolute Gasteiger partial charge is 1.00 e. The second-order valence-corrected chi connectivity index (χ2v) is 1.50. The van der Waals surface area contributed by atoms with Crippen LogP contribution >= 0.6 is 0 Å². The van der Waals surface area contributed by atoms with Crippen molar-refractivity contribution in [3.05, 3.63) is 5.92 Å². The van der Waals surface area contributed by atoms with E-state index in [1.165, 1.54) is 5.92 Å². The molecule has 0 amide bonds. The first kappa shape index (κ1) is 9.23. The first-order chi connectivity index (χ1) is 1.73. The predicted octanol–water partition coefficient (Wildman–Crippen LogP) is 1.35. The van der Waals surface area contributed by atoms with Crippen LogP contribution in [0.2, 0.25) is 0 Å². The first-order valence-corrected chi connectivity index (χ1v) is 1.50. The Labute approximate surface area is 51.6 Å².